The van der Waals surface area contributed by atoms with Crippen molar-refractivity contribution in [1.82, 2.24) is 4.90 Å². The summed E-state index contributed by atoms with van der Waals surface area (Å²) in [5.41, 5.74) is 0. The molecule has 0 unspecified atom stereocenters. The highest BCUT2D eigenvalue weighted by atomic mass is 19.4. The normalized spacial score (nSPS) is 23.8. The molecule has 0 saturated heterocycles. The number of allylic oxidation sites excluding steroid dienone is 2. The molecule has 0 aromatic rings. The third kappa shape index (κ3) is 3.75. The smallest absolute Gasteiger partial charge is 0.406 e. The van der Waals surface area contributed by atoms with Crippen LogP contribution in [0.15, 0.2) is 12.2 Å². The standard InChI is InChI=1S/C11H14F3NO3/c1-15(6-11(12,13)14)9(16)7-4-2-3-5-8(7)10(17)18/h2-3,7-8H,4-6H2,1H3,(H,17,18)/t7-,8+/m1/s1. The largest absolute Gasteiger partial charge is 0.481 e. The Morgan fingerprint density at radius 3 is 2.22 bits per heavy atom. The minimum atomic E-state index is -4.48. The van der Waals surface area contributed by atoms with Gasteiger partial charge in [0.15, 0.2) is 0 Å². The van der Waals surface area contributed by atoms with Gasteiger partial charge in [-0.05, 0) is 12.8 Å². The quantitative estimate of drug-likeness (QED) is 0.790. The van der Waals surface area contributed by atoms with Gasteiger partial charge in [-0.1, -0.05) is 12.2 Å². The molecule has 1 aliphatic rings. The molecule has 2 atom stereocenters. The number of rotatable bonds is 3. The van der Waals surface area contributed by atoms with Gasteiger partial charge in [-0.15, -0.1) is 0 Å². The topological polar surface area (TPSA) is 57.6 Å². The van der Waals surface area contributed by atoms with E-state index in [1.54, 1.807) is 12.2 Å². The van der Waals surface area contributed by atoms with Crippen LogP contribution >= 0.6 is 0 Å². The molecular weight excluding hydrogens is 251 g/mol. The van der Waals surface area contributed by atoms with Gasteiger partial charge in [0.2, 0.25) is 5.91 Å². The second-order valence-corrected chi connectivity index (χ2v) is 4.30. The lowest BCUT2D eigenvalue weighted by Crippen LogP contribution is -2.43. The van der Waals surface area contributed by atoms with E-state index in [0.29, 0.717) is 4.90 Å². The van der Waals surface area contributed by atoms with E-state index in [9.17, 15) is 22.8 Å². The van der Waals surface area contributed by atoms with Crippen LogP contribution in [0.3, 0.4) is 0 Å². The lowest BCUT2D eigenvalue weighted by atomic mass is 9.82. The van der Waals surface area contributed by atoms with Crippen LogP contribution in [0.1, 0.15) is 12.8 Å². The minimum Gasteiger partial charge on any atom is -0.481 e. The number of amides is 1. The molecule has 1 N–H and O–H groups in total. The van der Waals surface area contributed by atoms with Crippen LogP contribution in [-0.2, 0) is 9.59 Å². The Labute approximate surface area is 102 Å². The summed E-state index contributed by atoms with van der Waals surface area (Å²) < 4.78 is 36.5. The molecule has 0 radical (unpaired) electrons. The van der Waals surface area contributed by atoms with Crippen molar-refractivity contribution in [2.24, 2.45) is 11.8 Å². The maximum atomic E-state index is 12.2. The first-order valence-corrected chi connectivity index (χ1v) is 5.42. The zero-order valence-electron chi connectivity index (χ0n) is 9.78. The Kier molecular flexibility index (Phi) is 4.37. The lowest BCUT2D eigenvalue weighted by Gasteiger charge is -2.29. The Hall–Kier alpha value is -1.53. The summed E-state index contributed by atoms with van der Waals surface area (Å²) in [5, 5.41) is 8.95. The fraction of sp³-hybridized carbons (Fsp3) is 0.636. The zero-order valence-corrected chi connectivity index (χ0v) is 9.78. The lowest BCUT2D eigenvalue weighted by molar-refractivity contribution is -0.164. The molecule has 7 heteroatoms. The van der Waals surface area contributed by atoms with E-state index >= 15 is 0 Å². The first kappa shape index (κ1) is 14.5. The average Bonchev–Trinajstić information content (AvgIpc) is 2.25. The van der Waals surface area contributed by atoms with E-state index in [1.807, 2.05) is 0 Å². The van der Waals surface area contributed by atoms with Crippen molar-refractivity contribution in [2.45, 2.75) is 19.0 Å². The van der Waals surface area contributed by atoms with Gasteiger partial charge in [-0.2, -0.15) is 13.2 Å². The van der Waals surface area contributed by atoms with Crippen molar-refractivity contribution in [3.8, 4) is 0 Å². The van der Waals surface area contributed by atoms with Crippen LogP contribution in [0.5, 0.6) is 0 Å². The zero-order chi connectivity index (χ0) is 13.9. The van der Waals surface area contributed by atoms with E-state index in [-0.39, 0.29) is 12.8 Å². The number of halogens is 3. The van der Waals surface area contributed by atoms with Crippen LogP contribution in [0.25, 0.3) is 0 Å². The molecule has 1 rings (SSSR count). The van der Waals surface area contributed by atoms with Gasteiger partial charge in [0.05, 0.1) is 11.8 Å². The predicted molar refractivity (Wildman–Crippen MR) is 56.7 cm³/mol. The number of hydrogen-bond acceptors (Lipinski definition) is 2. The van der Waals surface area contributed by atoms with E-state index in [1.165, 1.54) is 0 Å². The Bertz CT molecular complexity index is 365. The molecule has 0 aromatic heterocycles. The fourth-order valence-electron chi connectivity index (χ4n) is 1.99. The number of hydrogen-bond donors (Lipinski definition) is 1. The Morgan fingerprint density at radius 2 is 1.78 bits per heavy atom. The first-order chi connectivity index (χ1) is 8.22. The highest BCUT2D eigenvalue weighted by Gasteiger charge is 2.38. The molecule has 4 nitrogen and oxygen atoms in total. The number of carboxylic acids is 1. The molecule has 0 aliphatic heterocycles. The van der Waals surface area contributed by atoms with Gasteiger partial charge in [-0.25, -0.2) is 0 Å². The minimum absolute atomic E-state index is 0.165. The van der Waals surface area contributed by atoms with Gasteiger partial charge in [0.1, 0.15) is 6.54 Å². The van der Waals surface area contributed by atoms with Crippen LogP contribution in [0.2, 0.25) is 0 Å². The van der Waals surface area contributed by atoms with Gasteiger partial charge < -0.3 is 10.0 Å². The number of carboxylic acid groups (broad SMARTS) is 1. The number of carbonyl (C=O) groups excluding carboxylic acids is 1. The molecular formula is C11H14F3NO3. The highest BCUT2D eigenvalue weighted by molar-refractivity contribution is 5.85. The van der Waals surface area contributed by atoms with Crippen LogP contribution < -0.4 is 0 Å². The van der Waals surface area contributed by atoms with Crippen molar-refractivity contribution in [1.29, 1.82) is 0 Å². The number of alkyl halides is 3. The summed E-state index contributed by atoms with van der Waals surface area (Å²) in [6, 6.07) is 0. The molecule has 0 heterocycles. The summed E-state index contributed by atoms with van der Waals surface area (Å²) in [7, 11) is 1.03. The second-order valence-electron chi connectivity index (χ2n) is 4.30. The van der Waals surface area contributed by atoms with E-state index in [0.717, 1.165) is 7.05 Å². The van der Waals surface area contributed by atoms with Crippen molar-refractivity contribution in [3.63, 3.8) is 0 Å². The average molecular weight is 265 g/mol. The molecule has 0 spiro atoms. The first-order valence-electron chi connectivity index (χ1n) is 5.42. The fourth-order valence-corrected chi connectivity index (χ4v) is 1.99. The van der Waals surface area contributed by atoms with Crippen molar-refractivity contribution in [2.75, 3.05) is 13.6 Å². The molecule has 0 fully saturated rings. The summed E-state index contributed by atoms with van der Waals surface area (Å²) in [4.78, 5) is 23.3. The van der Waals surface area contributed by atoms with Crippen LogP contribution in [-0.4, -0.2) is 41.7 Å². The van der Waals surface area contributed by atoms with Crippen LogP contribution in [0.4, 0.5) is 13.2 Å². The third-order valence-electron chi connectivity index (χ3n) is 2.86. The Balaban J connectivity index is 2.75. The van der Waals surface area contributed by atoms with Crippen molar-refractivity contribution >= 4 is 11.9 Å². The molecule has 0 bridgehead atoms. The van der Waals surface area contributed by atoms with Gasteiger partial charge in [0.25, 0.3) is 0 Å². The summed E-state index contributed by atoms with van der Waals surface area (Å²) in [6.45, 7) is -1.36. The summed E-state index contributed by atoms with van der Waals surface area (Å²) in [6.07, 6.45) is -0.882. The maximum absolute atomic E-state index is 12.2. The van der Waals surface area contributed by atoms with Crippen molar-refractivity contribution in [3.05, 3.63) is 12.2 Å². The number of aliphatic carboxylic acids is 1. The molecule has 1 aliphatic carbocycles. The monoisotopic (exact) mass is 265 g/mol. The van der Waals surface area contributed by atoms with E-state index in [2.05, 4.69) is 0 Å². The van der Waals surface area contributed by atoms with E-state index in [4.69, 9.17) is 5.11 Å². The molecule has 18 heavy (non-hydrogen) atoms. The van der Waals surface area contributed by atoms with Crippen LogP contribution in [0, 0.1) is 11.8 Å². The maximum Gasteiger partial charge on any atom is 0.406 e. The second kappa shape index (κ2) is 5.41. The molecule has 0 aromatic carbocycles. The summed E-state index contributed by atoms with van der Waals surface area (Å²) >= 11 is 0. The number of nitrogens with zero attached hydrogens (tertiary/aromatic N) is 1. The van der Waals surface area contributed by atoms with Crippen molar-refractivity contribution < 1.29 is 27.9 Å². The molecule has 102 valence electrons. The number of carbonyl (C=O) groups is 2. The third-order valence-corrected chi connectivity index (χ3v) is 2.86. The highest BCUT2D eigenvalue weighted by Crippen LogP contribution is 2.28. The Morgan fingerprint density at radius 1 is 1.28 bits per heavy atom. The van der Waals surface area contributed by atoms with Gasteiger partial charge in [0, 0.05) is 7.05 Å². The van der Waals surface area contributed by atoms with Gasteiger partial charge in [-0.3, -0.25) is 9.59 Å². The summed E-state index contributed by atoms with van der Waals surface area (Å²) in [5.74, 6) is -3.79. The van der Waals surface area contributed by atoms with Gasteiger partial charge >= 0.3 is 12.1 Å². The molecule has 1 amide bonds. The van der Waals surface area contributed by atoms with E-state index < -0.39 is 36.4 Å². The molecule has 0 saturated carbocycles. The SMILES string of the molecule is CN(CC(F)(F)F)C(=O)[C@@H]1CC=CC[C@@H]1C(=O)O. The predicted octanol–water partition coefficient (Wildman–Crippen LogP) is 1.67.